The van der Waals surface area contributed by atoms with Gasteiger partial charge in [-0.05, 0) is 26.8 Å². The number of likely N-dealkylation sites (tertiary alicyclic amines) is 1. The Morgan fingerprint density at radius 1 is 1.22 bits per heavy atom. The number of hydrogen-bond donors (Lipinski definition) is 3. The minimum Gasteiger partial charge on any atom is -0.389 e. The highest BCUT2D eigenvalue weighted by atomic mass is 16.5. The maximum atomic E-state index is 10.1. The van der Waals surface area contributed by atoms with Gasteiger partial charge in [-0.2, -0.15) is 0 Å². The molecule has 1 aliphatic rings. The van der Waals surface area contributed by atoms with E-state index in [0.29, 0.717) is 13.2 Å². The lowest BCUT2D eigenvalue weighted by atomic mass is 9.94. The predicted molar refractivity (Wildman–Crippen MR) is 69.4 cm³/mol. The van der Waals surface area contributed by atoms with E-state index in [1.165, 1.54) is 0 Å². The summed E-state index contributed by atoms with van der Waals surface area (Å²) >= 11 is 0. The van der Waals surface area contributed by atoms with Gasteiger partial charge in [0.05, 0.1) is 24.9 Å². The average molecular weight is 261 g/mol. The summed E-state index contributed by atoms with van der Waals surface area (Å²) in [5.74, 6) is 0. The molecule has 1 fully saturated rings. The van der Waals surface area contributed by atoms with E-state index in [2.05, 4.69) is 6.92 Å². The van der Waals surface area contributed by atoms with Gasteiger partial charge >= 0.3 is 0 Å². The molecule has 0 aromatic heterocycles. The molecule has 1 aliphatic heterocycles. The molecular weight excluding hydrogens is 234 g/mol. The summed E-state index contributed by atoms with van der Waals surface area (Å²) in [7, 11) is 0. The molecule has 0 aliphatic carbocycles. The molecular formula is C13H27NO4. The molecule has 0 amide bonds. The van der Waals surface area contributed by atoms with Crippen molar-refractivity contribution in [3.05, 3.63) is 0 Å². The van der Waals surface area contributed by atoms with Gasteiger partial charge in [-0.15, -0.1) is 0 Å². The monoisotopic (exact) mass is 261 g/mol. The van der Waals surface area contributed by atoms with Crippen molar-refractivity contribution in [2.45, 2.75) is 64.1 Å². The molecule has 5 nitrogen and oxygen atoms in total. The van der Waals surface area contributed by atoms with Crippen LogP contribution in [0.3, 0.4) is 0 Å². The predicted octanol–water partition coefficient (Wildman–Crippen LogP) is -0.0216. The zero-order chi connectivity index (χ0) is 13.7. The Morgan fingerprint density at radius 2 is 1.89 bits per heavy atom. The van der Waals surface area contributed by atoms with Crippen LogP contribution in [0.25, 0.3) is 0 Å². The first-order valence-corrected chi connectivity index (χ1v) is 6.87. The van der Waals surface area contributed by atoms with Crippen molar-refractivity contribution in [2.24, 2.45) is 0 Å². The van der Waals surface area contributed by atoms with Gasteiger partial charge in [0.15, 0.2) is 0 Å². The van der Waals surface area contributed by atoms with Crippen molar-refractivity contribution in [3.8, 4) is 0 Å². The minimum atomic E-state index is -1.08. The molecule has 0 aromatic carbocycles. The van der Waals surface area contributed by atoms with Crippen LogP contribution in [-0.2, 0) is 4.74 Å². The van der Waals surface area contributed by atoms with Gasteiger partial charge in [-0.3, -0.25) is 4.90 Å². The summed E-state index contributed by atoms with van der Waals surface area (Å²) in [6, 6.07) is -0.239. The third-order valence-corrected chi connectivity index (χ3v) is 3.43. The van der Waals surface area contributed by atoms with Crippen LogP contribution < -0.4 is 0 Å². The number of hydrogen-bond acceptors (Lipinski definition) is 5. The Kier molecular flexibility index (Phi) is 6.52. The largest absolute Gasteiger partial charge is 0.389 e. The Morgan fingerprint density at radius 3 is 2.44 bits per heavy atom. The smallest absolute Gasteiger partial charge is 0.109 e. The second kappa shape index (κ2) is 7.40. The number of aliphatic hydroxyl groups is 3. The van der Waals surface area contributed by atoms with E-state index in [9.17, 15) is 15.3 Å². The first-order chi connectivity index (χ1) is 8.47. The number of unbranched alkanes of at least 4 members (excludes halogenated alkanes) is 1. The van der Waals surface area contributed by atoms with Gasteiger partial charge in [0.25, 0.3) is 0 Å². The summed E-state index contributed by atoms with van der Waals surface area (Å²) in [4.78, 5) is 2.02. The first kappa shape index (κ1) is 15.9. The maximum absolute atomic E-state index is 10.1. The lowest BCUT2D eigenvalue weighted by Gasteiger charge is -2.44. The third-order valence-electron chi connectivity index (χ3n) is 3.43. The zero-order valence-corrected chi connectivity index (χ0v) is 11.6. The topological polar surface area (TPSA) is 73.2 Å². The fraction of sp³-hybridized carbons (Fsp3) is 1.00. The second-order valence-electron chi connectivity index (χ2n) is 5.35. The summed E-state index contributed by atoms with van der Waals surface area (Å²) in [6.45, 7) is 7.57. The van der Waals surface area contributed by atoms with Crippen LogP contribution >= 0.6 is 0 Å². The summed E-state index contributed by atoms with van der Waals surface area (Å²) < 4.78 is 5.55. The zero-order valence-electron chi connectivity index (χ0n) is 11.6. The van der Waals surface area contributed by atoms with Gasteiger partial charge in [-0.1, -0.05) is 13.3 Å². The molecule has 0 spiro atoms. The van der Waals surface area contributed by atoms with E-state index in [1.807, 2.05) is 18.7 Å². The quantitative estimate of drug-likeness (QED) is 0.626. The van der Waals surface area contributed by atoms with Crippen molar-refractivity contribution >= 4 is 0 Å². The number of piperidine rings is 1. The van der Waals surface area contributed by atoms with Crippen LogP contribution in [-0.4, -0.2) is 70.4 Å². The molecule has 0 aromatic rings. The molecule has 1 rings (SSSR count). The van der Waals surface area contributed by atoms with Gasteiger partial charge in [0, 0.05) is 6.54 Å². The lowest BCUT2D eigenvalue weighted by molar-refractivity contribution is -0.152. The van der Waals surface area contributed by atoms with Gasteiger partial charge < -0.3 is 20.1 Å². The van der Waals surface area contributed by atoms with Crippen molar-refractivity contribution in [2.75, 3.05) is 19.7 Å². The maximum Gasteiger partial charge on any atom is 0.109 e. The molecule has 1 heterocycles. The summed E-state index contributed by atoms with van der Waals surface area (Å²) in [6.07, 6.45) is -0.758. The molecule has 4 atom stereocenters. The van der Waals surface area contributed by atoms with E-state index in [1.54, 1.807) is 0 Å². The van der Waals surface area contributed by atoms with Gasteiger partial charge in [-0.25, -0.2) is 0 Å². The molecule has 0 unspecified atom stereocenters. The molecule has 0 saturated carbocycles. The van der Waals surface area contributed by atoms with Crippen molar-refractivity contribution in [1.82, 2.24) is 4.90 Å². The van der Waals surface area contributed by atoms with Crippen LogP contribution in [0.2, 0.25) is 0 Å². The highest BCUT2D eigenvalue weighted by molar-refractivity contribution is 4.94. The van der Waals surface area contributed by atoms with Crippen molar-refractivity contribution in [1.29, 1.82) is 0 Å². The normalized spacial score (nSPS) is 34.2. The van der Waals surface area contributed by atoms with Gasteiger partial charge in [0.1, 0.15) is 12.2 Å². The van der Waals surface area contributed by atoms with Crippen molar-refractivity contribution < 1.29 is 20.1 Å². The fourth-order valence-corrected chi connectivity index (χ4v) is 2.27. The Labute approximate surface area is 109 Å². The summed E-state index contributed by atoms with van der Waals surface area (Å²) in [5.41, 5.74) is 0. The molecule has 18 heavy (non-hydrogen) atoms. The number of ether oxygens (including phenoxy) is 1. The SMILES string of the molecule is CCCCN1C[C@H](O)[C@@H](O)[C@H](O)[C@H]1COC(C)C. The van der Waals surface area contributed by atoms with Crippen LogP contribution in [0.4, 0.5) is 0 Å². The van der Waals surface area contributed by atoms with E-state index >= 15 is 0 Å². The van der Waals surface area contributed by atoms with E-state index in [4.69, 9.17) is 4.74 Å². The van der Waals surface area contributed by atoms with Crippen LogP contribution in [0, 0.1) is 0 Å². The van der Waals surface area contributed by atoms with E-state index in [-0.39, 0.29) is 12.1 Å². The minimum absolute atomic E-state index is 0.0919. The van der Waals surface area contributed by atoms with E-state index in [0.717, 1.165) is 19.4 Å². The Balaban J connectivity index is 2.63. The van der Waals surface area contributed by atoms with Crippen molar-refractivity contribution in [3.63, 3.8) is 0 Å². The lowest BCUT2D eigenvalue weighted by Crippen LogP contribution is -2.62. The number of rotatable bonds is 6. The number of aliphatic hydroxyl groups excluding tert-OH is 3. The van der Waals surface area contributed by atoms with Crippen LogP contribution in [0.1, 0.15) is 33.6 Å². The average Bonchev–Trinajstić information content (AvgIpc) is 2.32. The highest BCUT2D eigenvalue weighted by Crippen LogP contribution is 2.20. The molecule has 3 N–H and O–H groups in total. The van der Waals surface area contributed by atoms with Crippen LogP contribution in [0.15, 0.2) is 0 Å². The second-order valence-corrected chi connectivity index (χ2v) is 5.35. The Hall–Kier alpha value is -0.200. The third kappa shape index (κ3) is 4.17. The van der Waals surface area contributed by atoms with E-state index < -0.39 is 18.3 Å². The standard InChI is InChI=1S/C13H27NO4/c1-4-5-6-14-7-11(15)13(17)12(16)10(14)8-18-9(2)3/h9-13,15-17H,4-8H2,1-3H3/t10-,11+,12-,13-/m1/s1. The molecule has 1 saturated heterocycles. The number of nitrogens with zero attached hydrogens (tertiary/aromatic N) is 1. The number of β-amino-alcohol motifs (C(OH)–C–C–N with tert-alkyl or cyclic N) is 1. The fourth-order valence-electron chi connectivity index (χ4n) is 2.27. The highest BCUT2D eigenvalue weighted by Gasteiger charge is 2.41. The van der Waals surface area contributed by atoms with Crippen LogP contribution in [0.5, 0.6) is 0 Å². The Bertz CT molecular complexity index is 237. The molecule has 0 bridgehead atoms. The molecule has 5 heteroatoms. The van der Waals surface area contributed by atoms with Gasteiger partial charge in [0.2, 0.25) is 0 Å². The first-order valence-electron chi connectivity index (χ1n) is 6.87. The summed E-state index contributed by atoms with van der Waals surface area (Å²) in [5, 5.41) is 29.5. The molecule has 0 radical (unpaired) electrons. The molecule has 108 valence electrons.